The quantitative estimate of drug-likeness (QED) is 0.869. The van der Waals surface area contributed by atoms with Crippen LogP contribution in [0.15, 0.2) is 35.8 Å². The Bertz CT molecular complexity index is 493. The highest BCUT2D eigenvalue weighted by Gasteiger charge is 2.06. The first-order chi connectivity index (χ1) is 8.79. The van der Waals surface area contributed by atoms with E-state index < -0.39 is 0 Å². The Morgan fingerprint density at radius 3 is 2.89 bits per heavy atom. The van der Waals surface area contributed by atoms with Gasteiger partial charge in [0.05, 0.1) is 18.4 Å². The van der Waals surface area contributed by atoms with Gasteiger partial charge in [-0.15, -0.1) is 11.3 Å². The molecule has 2 aromatic rings. The van der Waals surface area contributed by atoms with Gasteiger partial charge in [-0.05, 0) is 30.5 Å². The van der Waals surface area contributed by atoms with Crippen LogP contribution >= 0.6 is 11.3 Å². The van der Waals surface area contributed by atoms with Gasteiger partial charge in [0.15, 0.2) is 0 Å². The van der Waals surface area contributed by atoms with Gasteiger partial charge in [0.25, 0.3) is 5.91 Å². The van der Waals surface area contributed by atoms with E-state index in [0.29, 0.717) is 12.2 Å². The van der Waals surface area contributed by atoms with Crippen molar-refractivity contribution in [2.24, 2.45) is 0 Å². The molecule has 0 saturated carbocycles. The summed E-state index contributed by atoms with van der Waals surface area (Å²) in [7, 11) is 0. The maximum atomic E-state index is 11.8. The molecule has 94 valence electrons. The lowest BCUT2D eigenvalue weighted by Crippen LogP contribution is -2.23. The minimum Gasteiger partial charge on any atom is -0.384 e. The lowest BCUT2D eigenvalue weighted by atomic mass is 10.3. The molecule has 2 aromatic heterocycles. The van der Waals surface area contributed by atoms with Crippen LogP contribution in [0.25, 0.3) is 0 Å². The fourth-order valence-electron chi connectivity index (χ4n) is 1.51. The zero-order chi connectivity index (χ0) is 12.8. The maximum absolute atomic E-state index is 11.8. The number of carbonyl (C=O) groups excluding carboxylic acids is 1. The Morgan fingerprint density at radius 1 is 1.39 bits per heavy atom. The van der Waals surface area contributed by atoms with Gasteiger partial charge in [0, 0.05) is 11.4 Å². The minimum absolute atomic E-state index is 0.147. The zero-order valence-electron chi connectivity index (χ0n) is 10.1. The van der Waals surface area contributed by atoms with E-state index in [2.05, 4.69) is 15.6 Å². The molecule has 0 radical (unpaired) electrons. The number of thiophene rings is 1. The zero-order valence-corrected chi connectivity index (χ0v) is 11.0. The van der Waals surface area contributed by atoms with Crippen molar-refractivity contribution in [3.8, 4) is 0 Å². The molecule has 2 heterocycles. The third-order valence-electron chi connectivity index (χ3n) is 2.38. The Labute approximate surface area is 110 Å². The molecule has 4 nitrogen and oxygen atoms in total. The van der Waals surface area contributed by atoms with Crippen LogP contribution < -0.4 is 10.6 Å². The summed E-state index contributed by atoms with van der Waals surface area (Å²) in [5, 5.41) is 7.97. The van der Waals surface area contributed by atoms with E-state index in [9.17, 15) is 4.79 Å². The average molecular weight is 261 g/mol. The van der Waals surface area contributed by atoms with Gasteiger partial charge in [0.2, 0.25) is 0 Å². The highest BCUT2D eigenvalue weighted by molar-refractivity contribution is 7.09. The molecule has 18 heavy (non-hydrogen) atoms. The lowest BCUT2D eigenvalue weighted by molar-refractivity contribution is 0.0946. The molecule has 0 saturated heterocycles. The molecule has 0 fully saturated rings. The van der Waals surface area contributed by atoms with Crippen molar-refractivity contribution >= 4 is 22.9 Å². The number of rotatable bonds is 5. The van der Waals surface area contributed by atoms with E-state index >= 15 is 0 Å². The smallest absolute Gasteiger partial charge is 0.270 e. The van der Waals surface area contributed by atoms with Gasteiger partial charge in [-0.3, -0.25) is 4.79 Å². The van der Waals surface area contributed by atoms with Gasteiger partial charge >= 0.3 is 0 Å². The number of hydrogen-bond donors (Lipinski definition) is 2. The van der Waals surface area contributed by atoms with Crippen LogP contribution in [0.4, 0.5) is 5.69 Å². The second-order valence-corrected chi connectivity index (χ2v) is 4.76. The largest absolute Gasteiger partial charge is 0.384 e. The fourth-order valence-corrected chi connectivity index (χ4v) is 2.15. The van der Waals surface area contributed by atoms with Crippen molar-refractivity contribution in [3.63, 3.8) is 0 Å². The van der Waals surface area contributed by atoms with E-state index in [-0.39, 0.29) is 5.91 Å². The Morgan fingerprint density at radius 2 is 2.28 bits per heavy atom. The molecule has 0 atom stereocenters. The number of hydrogen-bond acceptors (Lipinski definition) is 4. The lowest BCUT2D eigenvalue weighted by Gasteiger charge is -2.05. The van der Waals surface area contributed by atoms with Crippen LogP contribution in [0.1, 0.15) is 22.3 Å². The predicted octanol–water partition coefficient (Wildman–Crippen LogP) is 2.50. The van der Waals surface area contributed by atoms with Gasteiger partial charge in [-0.25, -0.2) is 4.98 Å². The number of nitrogens with zero attached hydrogens (tertiary/aromatic N) is 1. The molecule has 0 aliphatic heterocycles. The maximum Gasteiger partial charge on any atom is 0.270 e. The monoisotopic (exact) mass is 261 g/mol. The number of aromatic nitrogens is 1. The van der Waals surface area contributed by atoms with E-state index in [1.54, 1.807) is 23.6 Å². The van der Waals surface area contributed by atoms with Crippen molar-refractivity contribution in [2.75, 3.05) is 11.9 Å². The fraction of sp³-hybridized carbons (Fsp3) is 0.231. The second-order valence-electron chi connectivity index (χ2n) is 3.72. The summed E-state index contributed by atoms with van der Waals surface area (Å²) in [4.78, 5) is 17.1. The molecule has 0 spiro atoms. The Kier molecular flexibility index (Phi) is 4.30. The molecule has 0 aromatic carbocycles. The molecule has 0 unspecified atom stereocenters. The minimum atomic E-state index is -0.147. The number of pyridine rings is 1. The third-order valence-corrected chi connectivity index (χ3v) is 3.26. The summed E-state index contributed by atoms with van der Waals surface area (Å²) in [6, 6.07) is 7.54. The SMILES string of the molecule is CCNc1ccc(C(=O)NCc2cccs2)nc1. The Hall–Kier alpha value is -1.88. The second kappa shape index (κ2) is 6.16. The van der Waals surface area contributed by atoms with Crippen LogP contribution in [0.2, 0.25) is 0 Å². The van der Waals surface area contributed by atoms with Gasteiger partial charge in [0.1, 0.15) is 5.69 Å². The van der Waals surface area contributed by atoms with Gasteiger partial charge in [-0.2, -0.15) is 0 Å². The van der Waals surface area contributed by atoms with Crippen LogP contribution in [-0.2, 0) is 6.54 Å². The molecule has 0 aliphatic rings. The topological polar surface area (TPSA) is 54.0 Å². The van der Waals surface area contributed by atoms with E-state index in [1.807, 2.05) is 30.5 Å². The van der Waals surface area contributed by atoms with Crippen molar-refractivity contribution < 1.29 is 4.79 Å². The number of nitrogens with one attached hydrogen (secondary N) is 2. The molecule has 1 amide bonds. The first-order valence-corrected chi connectivity index (χ1v) is 6.68. The predicted molar refractivity (Wildman–Crippen MR) is 73.9 cm³/mol. The highest BCUT2D eigenvalue weighted by atomic mass is 32.1. The summed E-state index contributed by atoms with van der Waals surface area (Å²) >= 11 is 1.62. The van der Waals surface area contributed by atoms with Crippen LogP contribution in [0, 0.1) is 0 Å². The van der Waals surface area contributed by atoms with Gasteiger partial charge < -0.3 is 10.6 Å². The van der Waals surface area contributed by atoms with Crippen molar-refractivity contribution in [2.45, 2.75) is 13.5 Å². The summed E-state index contributed by atoms with van der Waals surface area (Å²) in [6.45, 7) is 3.40. The molecular formula is C13H15N3OS. The molecule has 0 bridgehead atoms. The summed E-state index contributed by atoms with van der Waals surface area (Å²) in [6.07, 6.45) is 1.67. The van der Waals surface area contributed by atoms with Crippen molar-refractivity contribution in [1.82, 2.24) is 10.3 Å². The first-order valence-electron chi connectivity index (χ1n) is 5.80. The highest BCUT2D eigenvalue weighted by Crippen LogP contribution is 2.09. The molecule has 0 aliphatic carbocycles. The molecule has 2 N–H and O–H groups in total. The van der Waals surface area contributed by atoms with Crippen LogP contribution in [-0.4, -0.2) is 17.4 Å². The third kappa shape index (κ3) is 3.30. The van der Waals surface area contributed by atoms with Gasteiger partial charge in [-0.1, -0.05) is 6.07 Å². The van der Waals surface area contributed by atoms with Crippen LogP contribution in [0.5, 0.6) is 0 Å². The standard InChI is InChI=1S/C13H15N3OS/c1-2-14-10-5-6-12(15-8-10)13(17)16-9-11-4-3-7-18-11/h3-8,14H,2,9H2,1H3,(H,16,17). The van der Waals surface area contributed by atoms with E-state index in [0.717, 1.165) is 17.1 Å². The molecular weight excluding hydrogens is 246 g/mol. The van der Waals surface area contributed by atoms with Crippen LogP contribution in [0.3, 0.4) is 0 Å². The van der Waals surface area contributed by atoms with E-state index in [1.165, 1.54) is 0 Å². The molecule has 5 heteroatoms. The number of amides is 1. The Balaban J connectivity index is 1.92. The number of anilines is 1. The summed E-state index contributed by atoms with van der Waals surface area (Å²) in [5.74, 6) is -0.147. The van der Waals surface area contributed by atoms with Crippen molar-refractivity contribution in [1.29, 1.82) is 0 Å². The average Bonchev–Trinajstić information content (AvgIpc) is 2.90. The molecule has 2 rings (SSSR count). The van der Waals surface area contributed by atoms with E-state index in [4.69, 9.17) is 0 Å². The summed E-state index contributed by atoms with van der Waals surface area (Å²) in [5.41, 5.74) is 1.36. The number of carbonyl (C=O) groups is 1. The normalized spacial score (nSPS) is 10.1. The summed E-state index contributed by atoms with van der Waals surface area (Å²) < 4.78 is 0. The first kappa shape index (κ1) is 12.6. The van der Waals surface area contributed by atoms with Crippen molar-refractivity contribution in [3.05, 3.63) is 46.4 Å².